The molecule has 5 rings (SSSR count). The van der Waals surface area contributed by atoms with Crippen molar-refractivity contribution in [3.63, 3.8) is 0 Å². The number of rotatable bonds is 5. The van der Waals surface area contributed by atoms with Gasteiger partial charge in [0.2, 0.25) is 5.91 Å². The highest BCUT2D eigenvalue weighted by Crippen LogP contribution is 2.35. The second-order valence-corrected chi connectivity index (χ2v) is 9.43. The molecule has 1 N–H and O–H groups in total. The van der Waals surface area contributed by atoms with Gasteiger partial charge in [-0.15, -0.1) is 22.7 Å². The van der Waals surface area contributed by atoms with Crippen LogP contribution in [0, 0.1) is 12.7 Å². The van der Waals surface area contributed by atoms with Gasteiger partial charge in [-0.2, -0.15) is 0 Å². The van der Waals surface area contributed by atoms with Crippen LogP contribution in [0.2, 0.25) is 0 Å². The van der Waals surface area contributed by atoms with Crippen LogP contribution in [0.15, 0.2) is 71.1 Å². The van der Waals surface area contributed by atoms with E-state index < -0.39 is 5.91 Å². The second kappa shape index (κ2) is 8.68. The maximum absolute atomic E-state index is 13.5. The van der Waals surface area contributed by atoms with Crippen molar-refractivity contribution in [3.05, 3.63) is 93.0 Å². The van der Waals surface area contributed by atoms with Crippen LogP contribution in [0.1, 0.15) is 10.6 Å². The van der Waals surface area contributed by atoms with Gasteiger partial charge in [0.15, 0.2) is 0 Å². The Kier molecular flexibility index (Phi) is 5.57. The molecule has 3 heterocycles. The lowest BCUT2D eigenvalue weighted by Crippen LogP contribution is -2.34. The van der Waals surface area contributed by atoms with E-state index in [-0.39, 0.29) is 17.8 Å². The zero-order valence-corrected chi connectivity index (χ0v) is 19.0. The van der Waals surface area contributed by atoms with Crippen molar-refractivity contribution in [1.82, 2.24) is 14.6 Å². The van der Waals surface area contributed by atoms with E-state index in [9.17, 15) is 14.0 Å². The number of amides is 1. The SMILES string of the molecule is Cc1sc2ncn(NC(=O)Cc3csc(-c4cccc(F)c4)n3)c(=O)c2c1-c1ccccc1. The Morgan fingerprint density at radius 2 is 1.91 bits per heavy atom. The monoisotopic (exact) mass is 476 g/mol. The number of halogens is 1. The molecule has 164 valence electrons. The first kappa shape index (κ1) is 21.2. The molecule has 0 aliphatic rings. The number of benzene rings is 2. The van der Waals surface area contributed by atoms with E-state index in [1.165, 1.54) is 41.1 Å². The normalized spacial score (nSPS) is 11.1. The number of hydrogen-bond donors (Lipinski definition) is 1. The van der Waals surface area contributed by atoms with Gasteiger partial charge in [-0.3, -0.25) is 15.0 Å². The summed E-state index contributed by atoms with van der Waals surface area (Å²) in [6, 6.07) is 15.8. The largest absolute Gasteiger partial charge is 0.281 e. The predicted octanol–water partition coefficient (Wildman–Crippen LogP) is 5.01. The number of aryl methyl sites for hydroxylation is 1. The Morgan fingerprint density at radius 3 is 2.70 bits per heavy atom. The number of thiophene rings is 1. The fraction of sp³-hybridized carbons (Fsp3) is 0.0833. The van der Waals surface area contributed by atoms with Gasteiger partial charge >= 0.3 is 0 Å². The maximum atomic E-state index is 13.5. The summed E-state index contributed by atoms with van der Waals surface area (Å²) < 4.78 is 14.6. The van der Waals surface area contributed by atoms with Crippen LogP contribution in [0.25, 0.3) is 31.9 Å². The van der Waals surface area contributed by atoms with E-state index in [1.54, 1.807) is 17.5 Å². The molecule has 0 saturated heterocycles. The molecule has 9 heteroatoms. The molecule has 0 fully saturated rings. The summed E-state index contributed by atoms with van der Waals surface area (Å²) in [5.41, 5.74) is 5.22. The third kappa shape index (κ3) is 4.20. The Hall–Kier alpha value is -3.69. The number of hydrogen-bond acceptors (Lipinski definition) is 6. The topological polar surface area (TPSA) is 76.9 Å². The summed E-state index contributed by atoms with van der Waals surface area (Å²) in [5.74, 6) is -0.745. The van der Waals surface area contributed by atoms with Gasteiger partial charge in [-0.25, -0.2) is 19.0 Å². The number of fused-ring (bicyclic) bond motifs is 1. The van der Waals surface area contributed by atoms with Crippen molar-refractivity contribution in [1.29, 1.82) is 0 Å². The van der Waals surface area contributed by atoms with Gasteiger partial charge in [-0.05, 0) is 24.6 Å². The molecule has 2 aromatic carbocycles. The lowest BCUT2D eigenvalue weighted by Gasteiger charge is -2.08. The van der Waals surface area contributed by atoms with Crippen molar-refractivity contribution in [2.24, 2.45) is 0 Å². The summed E-state index contributed by atoms with van der Waals surface area (Å²) >= 11 is 2.78. The molecule has 3 aromatic heterocycles. The highest BCUT2D eigenvalue weighted by molar-refractivity contribution is 7.19. The molecule has 0 aliphatic carbocycles. The lowest BCUT2D eigenvalue weighted by molar-refractivity contribution is -0.116. The van der Waals surface area contributed by atoms with Gasteiger partial charge < -0.3 is 0 Å². The quantitative estimate of drug-likeness (QED) is 0.387. The van der Waals surface area contributed by atoms with Crippen LogP contribution >= 0.6 is 22.7 Å². The van der Waals surface area contributed by atoms with E-state index >= 15 is 0 Å². The van der Waals surface area contributed by atoms with Gasteiger partial charge in [-0.1, -0.05) is 42.5 Å². The number of nitrogens with one attached hydrogen (secondary N) is 1. The zero-order chi connectivity index (χ0) is 22.9. The van der Waals surface area contributed by atoms with E-state index in [0.717, 1.165) is 20.7 Å². The Bertz CT molecular complexity index is 1540. The molecule has 0 aliphatic heterocycles. The molecular formula is C24H17FN4O2S2. The standard InChI is InChI=1S/C24H17FN4O2S2/c1-14-20(15-6-3-2-4-7-15)21-23(33-14)26-13-29(24(21)31)28-19(30)11-18-12-32-22(27-18)16-8-5-9-17(25)10-16/h2-10,12-13H,11H2,1H3,(H,28,30). The minimum absolute atomic E-state index is 0.0233. The fourth-order valence-corrected chi connectivity index (χ4v) is 5.44. The Labute approximate surface area is 196 Å². The molecule has 6 nitrogen and oxygen atoms in total. The minimum Gasteiger partial charge on any atom is -0.273 e. The molecule has 0 spiro atoms. The highest BCUT2D eigenvalue weighted by atomic mass is 32.1. The minimum atomic E-state index is -0.400. The molecule has 0 bridgehead atoms. The van der Waals surface area contributed by atoms with Crippen LogP contribution in [-0.4, -0.2) is 20.6 Å². The van der Waals surface area contributed by atoms with Crippen LogP contribution in [-0.2, 0) is 11.2 Å². The Morgan fingerprint density at radius 1 is 1.12 bits per heavy atom. The maximum Gasteiger partial charge on any atom is 0.281 e. The first-order valence-electron chi connectivity index (χ1n) is 10.1. The number of nitrogens with zero attached hydrogens (tertiary/aromatic N) is 3. The molecule has 0 saturated carbocycles. The first-order chi connectivity index (χ1) is 16.0. The van der Waals surface area contributed by atoms with Crippen molar-refractivity contribution < 1.29 is 9.18 Å². The summed E-state index contributed by atoms with van der Waals surface area (Å²) in [6.07, 6.45) is 1.30. The van der Waals surface area contributed by atoms with Gasteiger partial charge in [0.05, 0.1) is 17.5 Å². The van der Waals surface area contributed by atoms with Crippen molar-refractivity contribution in [2.45, 2.75) is 13.3 Å². The van der Waals surface area contributed by atoms with E-state index in [0.29, 0.717) is 26.5 Å². The summed E-state index contributed by atoms with van der Waals surface area (Å²) in [5, 5.41) is 2.85. The van der Waals surface area contributed by atoms with Gasteiger partial charge in [0.1, 0.15) is 22.0 Å². The van der Waals surface area contributed by atoms with E-state index in [2.05, 4.69) is 15.4 Å². The molecule has 0 radical (unpaired) electrons. The summed E-state index contributed by atoms with van der Waals surface area (Å²) in [6.45, 7) is 1.95. The van der Waals surface area contributed by atoms with Crippen LogP contribution in [0.4, 0.5) is 4.39 Å². The zero-order valence-electron chi connectivity index (χ0n) is 17.4. The second-order valence-electron chi connectivity index (χ2n) is 7.37. The molecule has 33 heavy (non-hydrogen) atoms. The molecule has 1 amide bonds. The van der Waals surface area contributed by atoms with Crippen molar-refractivity contribution in [2.75, 3.05) is 5.43 Å². The predicted molar refractivity (Wildman–Crippen MR) is 130 cm³/mol. The third-order valence-electron chi connectivity index (χ3n) is 5.06. The summed E-state index contributed by atoms with van der Waals surface area (Å²) in [4.78, 5) is 36.3. The average molecular weight is 477 g/mol. The van der Waals surface area contributed by atoms with Crippen LogP contribution < -0.4 is 11.0 Å². The third-order valence-corrected chi connectivity index (χ3v) is 7.01. The smallest absolute Gasteiger partial charge is 0.273 e. The van der Waals surface area contributed by atoms with Crippen LogP contribution in [0.5, 0.6) is 0 Å². The molecular weight excluding hydrogens is 459 g/mol. The fourth-order valence-electron chi connectivity index (χ4n) is 3.62. The lowest BCUT2D eigenvalue weighted by atomic mass is 10.0. The van der Waals surface area contributed by atoms with Gasteiger partial charge in [0, 0.05) is 21.4 Å². The Balaban J connectivity index is 1.40. The average Bonchev–Trinajstić information content (AvgIpc) is 3.40. The molecule has 0 atom stereocenters. The number of aromatic nitrogens is 3. The van der Waals surface area contributed by atoms with Crippen LogP contribution in [0.3, 0.4) is 0 Å². The number of carbonyl (C=O) groups is 1. The first-order valence-corrected chi connectivity index (χ1v) is 11.8. The number of carbonyl (C=O) groups excluding carboxylic acids is 1. The van der Waals surface area contributed by atoms with Gasteiger partial charge in [0.25, 0.3) is 5.56 Å². The van der Waals surface area contributed by atoms with Crippen molar-refractivity contribution in [3.8, 4) is 21.7 Å². The van der Waals surface area contributed by atoms with E-state index in [1.807, 2.05) is 37.3 Å². The summed E-state index contributed by atoms with van der Waals surface area (Å²) in [7, 11) is 0. The molecule has 0 unspecified atom stereocenters. The number of thiazole rings is 1. The highest BCUT2D eigenvalue weighted by Gasteiger charge is 2.18. The van der Waals surface area contributed by atoms with E-state index in [4.69, 9.17) is 0 Å². The molecule has 5 aromatic rings. The van der Waals surface area contributed by atoms with Crippen molar-refractivity contribution >= 4 is 38.8 Å².